The van der Waals surface area contributed by atoms with E-state index in [9.17, 15) is 9.18 Å². The van der Waals surface area contributed by atoms with Crippen LogP contribution in [0.5, 0.6) is 0 Å². The number of amides is 1. The molecular weight excluding hydrogens is 275 g/mol. The molecule has 0 aromatic heterocycles. The molecule has 0 saturated heterocycles. The van der Waals surface area contributed by atoms with Crippen LogP contribution in [0.25, 0.3) is 0 Å². The molecule has 0 aliphatic heterocycles. The predicted octanol–water partition coefficient (Wildman–Crippen LogP) is 3.26. The fourth-order valence-electron chi connectivity index (χ4n) is 1.66. The van der Waals surface area contributed by atoms with Gasteiger partial charge < -0.3 is 10.6 Å². The van der Waals surface area contributed by atoms with Crippen LogP contribution in [-0.2, 0) is 0 Å². The lowest BCUT2D eigenvalue weighted by Crippen LogP contribution is -2.21. The zero-order valence-corrected chi connectivity index (χ0v) is 12.1. The summed E-state index contributed by atoms with van der Waals surface area (Å²) < 4.78 is 13.7. The smallest absolute Gasteiger partial charge is 0.253 e. The van der Waals surface area contributed by atoms with Crippen LogP contribution in [0.15, 0.2) is 52.3 Å². The van der Waals surface area contributed by atoms with Crippen LogP contribution in [-0.4, -0.2) is 24.9 Å². The third-order valence-electron chi connectivity index (χ3n) is 2.72. The molecule has 0 fully saturated rings. The van der Waals surface area contributed by atoms with Crippen molar-refractivity contribution >= 4 is 23.4 Å². The lowest BCUT2D eigenvalue weighted by atomic mass is 10.2. The summed E-state index contributed by atoms with van der Waals surface area (Å²) in [7, 11) is 3.37. The van der Waals surface area contributed by atoms with E-state index >= 15 is 0 Å². The topological polar surface area (TPSA) is 46.3 Å². The maximum Gasteiger partial charge on any atom is 0.253 e. The SMILES string of the molecule is CN(C)C(=O)c1ccc(N)c(Sc2ccccc2F)c1. The van der Waals surface area contributed by atoms with E-state index in [-0.39, 0.29) is 11.7 Å². The lowest BCUT2D eigenvalue weighted by Gasteiger charge is -2.12. The molecule has 2 N–H and O–H groups in total. The number of nitrogen functional groups attached to an aromatic ring is 1. The van der Waals surface area contributed by atoms with Crippen molar-refractivity contribution in [1.82, 2.24) is 4.90 Å². The number of hydrogen-bond acceptors (Lipinski definition) is 3. The Morgan fingerprint density at radius 1 is 1.15 bits per heavy atom. The zero-order chi connectivity index (χ0) is 14.7. The monoisotopic (exact) mass is 290 g/mol. The average Bonchev–Trinajstić information content (AvgIpc) is 2.42. The molecule has 0 atom stereocenters. The third kappa shape index (κ3) is 3.11. The third-order valence-corrected chi connectivity index (χ3v) is 3.85. The van der Waals surface area contributed by atoms with Gasteiger partial charge in [0, 0.05) is 35.1 Å². The molecule has 1 amide bonds. The Hall–Kier alpha value is -2.01. The second kappa shape index (κ2) is 5.96. The summed E-state index contributed by atoms with van der Waals surface area (Å²) in [6, 6.07) is 11.5. The number of carbonyl (C=O) groups is 1. The summed E-state index contributed by atoms with van der Waals surface area (Å²) in [6.07, 6.45) is 0. The van der Waals surface area contributed by atoms with Crippen LogP contribution >= 0.6 is 11.8 Å². The highest BCUT2D eigenvalue weighted by Crippen LogP contribution is 2.34. The quantitative estimate of drug-likeness (QED) is 0.883. The molecule has 104 valence electrons. The lowest BCUT2D eigenvalue weighted by molar-refractivity contribution is 0.0827. The highest BCUT2D eigenvalue weighted by atomic mass is 32.2. The number of nitrogens with two attached hydrogens (primary N) is 1. The molecule has 3 nitrogen and oxygen atoms in total. The van der Waals surface area contributed by atoms with Crippen molar-refractivity contribution in [3.63, 3.8) is 0 Å². The van der Waals surface area contributed by atoms with E-state index in [1.165, 1.54) is 22.7 Å². The van der Waals surface area contributed by atoms with E-state index in [0.717, 1.165) is 0 Å². The van der Waals surface area contributed by atoms with Crippen LogP contribution in [0.1, 0.15) is 10.4 Å². The Kier molecular flexibility index (Phi) is 4.29. The second-order valence-corrected chi connectivity index (χ2v) is 5.57. The van der Waals surface area contributed by atoms with Crippen molar-refractivity contribution < 1.29 is 9.18 Å². The first-order valence-corrected chi connectivity index (χ1v) is 6.84. The summed E-state index contributed by atoms with van der Waals surface area (Å²) in [4.78, 5) is 14.6. The molecule has 0 unspecified atom stereocenters. The maximum absolute atomic E-state index is 13.7. The molecule has 2 aromatic carbocycles. The molecule has 0 aliphatic rings. The average molecular weight is 290 g/mol. The van der Waals surface area contributed by atoms with E-state index in [1.54, 1.807) is 50.5 Å². The Morgan fingerprint density at radius 2 is 1.85 bits per heavy atom. The molecule has 2 aromatic rings. The van der Waals surface area contributed by atoms with Crippen LogP contribution in [0.4, 0.5) is 10.1 Å². The van der Waals surface area contributed by atoms with E-state index < -0.39 is 0 Å². The van der Waals surface area contributed by atoms with E-state index in [2.05, 4.69) is 0 Å². The van der Waals surface area contributed by atoms with Crippen molar-refractivity contribution in [3.05, 3.63) is 53.8 Å². The standard InChI is InChI=1S/C15H15FN2OS/c1-18(2)15(19)10-7-8-12(17)14(9-10)20-13-6-4-3-5-11(13)16/h3-9H,17H2,1-2H3. The van der Waals surface area contributed by atoms with Gasteiger partial charge in [0.25, 0.3) is 5.91 Å². The fourth-order valence-corrected chi connectivity index (χ4v) is 2.58. The Bertz CT molecular complexity index is 644. The van der Waals surface area contributed by atoms with Crippen molar-refractivity contribution in [2.75, 3.05) is 19.8 Å². The second-order valence-electron chi connectivity index (χ2n) is 4.48. The normalized spacial score (nSPS) is 10.3. The van der Waals surface area contributed by atoms with Gasteiger partial charge in [0.1, 0.15) is 5.82 Å². The number of anilines is 1. The first kappa shape index (κ1) is 14.4. The van der Waals surface area contributed by atoms with E-state index in [1.807, 2.05) is 0 Å². The van der Waals surface area contributed by atoms with Gasteiger partial charge in [-0.25, -0.2) is 4.39 Å². The minimum Gasteiger partial charge on any atom is -0.398 e. The molecule has 20 heavy (non-hydrogen) atoms. The Labute approximate surface area is 121 Å². The van der Waals surface area contributed by atoms with E-state index in [4.69, 9.17) is 5.73 Å². The summed E-state index contributed by atoms with van der Waals surface area (Å²) in [5, 5.41) is 0. The van der Waals surface area contributed by atoms with Gasteiger partial charge in [-0.05, 0) is 30.3 Å². The first-order chi connectivity index (χ1) is 9.49. The molecule has 2 rings (SSSR count). The van der Waals surface area contributed by atoms with Gasteiger partial charge in [-0.1, -0.05) is 23.9 Å². The van der Waals surface area contributed by atoms with Crippen molar-refractivity contribution in [2.24, 2.45) is 0 Å². The molecule has 0 radical (unpaired) electrons. The number of hydrogen-bond donors (Lipinski definition) is 1. The summed E-state index contributed by atoms with van der Waals surface area (Å²) in [5.74, 6) is -0.415. The summed E-state index contributed by atoms with van der Waals surface area (Å²) in [6.45, 7) is 0. The molecule has 0 saturated carbocycles. The van der Waals surface area contributed by atoms with Crippen LogP contribution in [0.2, 0.25) is 0 Å². The van der Waals surface area contributed by atoms with Crippen molar-refractivity contribution in [3.8, 4) is 0 Å². The minimum atomic E-state index is -0.304. The van der Waals surface area contributed by atoms with Gasteiger partial charge in [0.15, 0.2) is 0 Å². The molecule has 0 spiro atoms. The number of nitrogens with zero attached hydrogens (tertiary/aromatic N) is 1. The number of halogens is 1. The maximum atomic E-state index is 13.7. The van der Waals surface area contributed by atoms with Gasteiger partial charge in [-0.3, -0.25) is 4.79 Å². The highest BCUT2D eigenvalue weighted by molar-refractivity contribution is 7.99. The number of benzene rings is 2. The van der Waals surface area contributed by atoms with Crippen molar-refractivity contribution in [2.45, 2.75) is 9.79 Å². The van der Waals surface area contributed by atoms with Crippen LogP contribution < -0.4 is 5.73 Å². The van der Waals surface area contributed by atoms with Crippen molar-refractivity contribution in [1.29, 1.82) is 0 Å². The number of rotatable bonds is 3. The zero-order valence-electron chi connectivity index (χ0n) is 11.3. The predicted molar refractivity (Wildman–Crippen MR) is 79.4 cm³/mol. The molecule has 0 heterocycles. The van der Waals surface area contributed by atoms with Gasteiger partial charge in [0.05, 0.1) is 0 Å². The molecule has 5 heteroatoms. The Morgan fingerprint density at radius 3 is 2.50 bits per heavy atom. The van der Waals surface area contributed by atoms with Gasteiger partial charge in [-0.2, -0.15) is 0 Å². The highest BCUT2D eigenvalue weighted by Gasteiger charge is 2.12. The first-order valence-electron chi connectivity index (χ1n) is 6.02. The Balaban J connectivity index is 2.35. The summed E-state index contributed by atoms with van der Waals surface area (Å²) >= 11 is 1.21. The van der Waals surface area contributed by atoms with Crippen LogP contribution in [0, 0.1) is 5.82 Å². The fraction of sp³-hybridized carbons (Fsp3) is 0.133. The number of carbonyl (C=O) groups excluding carboxylic acids is 1. The molecule has 0 aliphatic carbocycles. The van der Waals surface area contributed by atoms with E-state index in [0.29, 0.717) is 21.0 Å². The van der Waals surface area contributed by atoms with Gasteiger partial charge >= 0.3 is 0 Å². The largest absolute Gasteiger partial charge is 0.398 e. The minimum absolute atomic E-state index is 0.111. The molecule has 0 bridgehead atoms. The van der Waals surface area contributed by atoms with Crippen LogP contribution in [0.3, 0.4) is 0 Å². The van der Waals surface area contributed by atoms with Gasteiger partial charge in [0.2, 0.25) is 0 Å². The van der Waals surface area contributed by atoms with Gasteiger partial charge in [-0.15, -0.1) is 0 Å². The summed E-state index contributed by atoms with van der Waals surface area (Å²) in [5.41, 5.74) is 6.95. The molecular formula is C15H15FN2OS.